The molecular formula is C42H43N7O8S2. The van der Waals surface area contributed by atoms with Crippen LogP contribution in [0.1, 0.15) is 74.0 Å². The second kappa shape index (κ2) is 15.5. The molecule has 3 N–H and O–H groups in total. The normalized spacial score (nSPS) is 25.1. The number of carbonyl (C=O) groups excluding carboxylic acids is 4. The van der Waals surface area contributed by atoms with Crippen LogP contribution in [0.3, 0.4) is 0 Å². The third-order valence-corrected chi connectivity index (χ3v) is 14.4. The molecule has 4 aliphatic rings. The molecule has 2 aromatic carbocycles. The van der Waals surface area contributed by atoms with Crippen LogP contribution in [0.25, 0.3) is 31.7 Å². The lowest BCUT2D eigenvalue weighted by atomic mass is 10.0. The highest BCUT2D eigenvalue weighted by Gasteiger charge is 2.62. The summed E-state index contributed by atoms with van der Waals surface area (Å²) in [6, 6.07) is 16.7. The van der Waals surface area contributed by atoms with Crippen molar-refractivity contribution >= 4 is 66.1 Å². The lowest BCUT2D eigenvalue weighted by Crippen LogP contribution is -2.58. The highest BCUT2D eigenvalue weighted by atomic mass is 32.2. The number of hydrogen-bond acceptors (Lipinski definition) is 12. The lowest BCUT2D eigenvalue weighted by Gasteiger charge is -2.29. The summed E-state index contributed by atoms with van der Waals surface area (Å²) in [6.07, 6.45) is 7.29. The Hall–Kier alpha value is -5.68. The fourth-order valence-electron chi connectivity index (χ4n) is 8.04. The maximum Gasteiger partial charge on any atom is 0.274 e. The molecule has 1 saturated heterocycles. The van der Waals surface area contributed by atoms with Crippen LogP contribution in [0.2, 0.25) is 0 Å². The van der Waals surface area contributed by atoms with Gasteiger partial charge >= 0.3 is 0 Å². The molecule has 306 valence electrons. The molecule has 0 radical (unpaired) electrons. The first-order chi connectivity index (χ1) is 28.5. The largest absolute Gasteiger partial charge is 0.471 e. The van der Waals surface area contributed by atoms with Crippen molar-refractivity contribution in [2.24, 2.45) is 5.92 Å². The van der Waals surface area contributed by atoms with E-state index < -0.39 is 68.5 Å². The Morgan fingerprint density at radius 1 is 1.00 bits per heavy atom. The minimum Gasteiger partial charge on any atom is -0.471 e. The molecule has 17 heteroatoms. The Morgan fingerprint density at radius 3 is 2.54 bits per heavy atom. The number of sulfonamides is 1. The number of nitrogens with one attached hydrogen (secondary N) is 3. The van der Waals surface area contributed by atoms with E-state index in [0.717, 1.165) is 27.8 Å². The summed E-state index contributed by atoms with van der Waals surface area (Å²) >= 11 is 1.54. The number of amides is 4. The number of fused-ring (bicyclic) bond motifs is 4. The van der Waals surface area contributed by atoms with Crippen molar-refractivity contribution in [3.63, 3.8) is 0 Å². The van der Waals surface area contributed by atoms with Gasteiger partial charge in [0.1, 0.15) is 35.2 Å². The smallest absolute Gasteiger partial charge is 0.274 e. The second-order valence-electron chi connectivity index (χ2n) is 15.9. The summed E-state index contributed by atoms with van der Waals surface area (Å²) in [5.41, 5.74) is 0.271. The number of benzene rings is 2. The molecule has 3 fully saturated rings. The molecule has 5 aromatic rings. The number of allylic oxidation sites excluding steroid dienone is 1. The van der Waals surface area contributed by atoms with Gasteiger partial charge in [-0.3, -0.25) is 23.9 Å². The Bertz CT molecular complexity index is 2590. The van der Waals surface area contributed by atoms with Gasteiger partial charge in [-0.25, -0.2) is 18.4 Å². The van der Waals surface area contributed by atoms with E-state index in [-0.39, 0.29) is 31.0 Å². The van der Waals surface area contributed by atoms with E-state index in [9.17, 15) is 27.6 Å². The van der Waals surface area contributed by atoms with Crippen molar-refractivity contribution in [2.75, 3.05) is 6.54 Å². The van der Waals surface area contributed by atoms with Crippen LogP contribution in [0.15, 0.2) is 77.3 Å². The molecule has 15 nitrogen and oxygen atoms in total. The van der Waals surface area contributed by atoms with Gasteiger partial charge in [0.15, 0.2) is 5.69 Å². The van der Waals surface area contributed by atoms with E-state index in [2.05, 4.69) is 20.5 Å². The monoisotopic (exact) mass is 837 g/mol. The number of thiophene rings is 1. The van der Waals surface area contributed by atoms with Crippen molar-refractivity contribution in [3.8, 4) is 16.5 Å². The molecule has 59 heavy (non-hydrogen) atoms. The summed E-state index contributed by atoms with van der Waals surface area (Å²) in [6.45, 7) is 1.61. The van der Waals surface area contributed by atoms with Crippen LogP contribution in [-0.4, -0.2) is 87.6 Å². The number of aromatic nitrogens is 3. The molecule has 0 unspecified atom stereocenters. The minimum atomic E-state index is -3.92. The average Bonchev–Trinajstić information content (AvgIpc) is 4.04. The fraction of sp³-hybridized carbons (Fsp3) is 0.405. The van der Waals surface area contributed by atoms with Crippen molar-refractivity contribution in [3.05, 3.63) is 84.3 Å². The van der Waals surface area contributed by atoms with E-state index in [1.54, 1.807) is 18.3 Å². The summed E-state index contributed by atoms with van der Waals surface area (Å²) in [5.74, 6) is -2.32. The maximum atomic E-state index is 14.8. The third-order valence-electron chi connectivity index (χ3n) is 11.5. The zero-order chi connectivity index (χ0) is 40.9. The van der Waals surface area contributed by atoms with Gasteiger partial charge in [-0.05, 0) is 75.1 Å². The Balaban J connectivity index is 1.06. The molecule has 2 saturated carbocycles. The van der Waals surface area contributed by atoms with Gasteiger partial charge in [-0.15, -0.1) is 11.3 Å². The average molecular weight is 838 g/mol. The van der Waals surface area contributed by atoms with Gasteiger partial charge in [0.25, 0.3) is 11.8 Å². The van der Waals surface area contributed by atoms with Crippen molar-refractivity contribution in [1.29, 1.82) is 0 Å². The quantitative estimate of drug-likeness (QED) is 0.178. The van der Waals surface area contributed by atoms with Crippen molar-refractivity contribution in [2.45, 2.75) is 93.7 Å². The number of para-hydroxylation sites is 2. The highest BCUT2D eigenvalue weighted by molar-refractivity contribution is 7.91. The van der Waals surface area contributed by atoms with Gasteiger partial charge < -0.3 is 24.8 Å². The number of hydrogen-bond donors (Lipinski definition) is 3. The molecule has 9 rings (SSSR count). The molecule has 3 aromatic heterocycles. The fourth-order valence-corrected chi connectivity index (χ4v) is 10.4. The van der Waals surface area contributed by atoms with Crippen molar-refractivity contribution < 1.29 is 36.9 Å². The summed E-state index contributed by atoms with van der Waals surface area (Å²) in [4.78, 5) is 68.7. The zero-order valence-corrected chi connectivity index (χ0v) is 33.9. The minimum absolute atomic E-state index is 0.0136. The van der Waals surface area contributed by atoms with Crippen LogP contribution < -0.4 is 20.1 Å². The first-order valence-corrected chi connectivity index (χ1v) is 22.4. The van der Waals surface area contributed by atoms with E-state index >= 15 is 0 Å². The number of rotatable bonds is 8. The van der Waals surface area contributed by atoms with Gasteiger partial charge in [-0.2, -0.15) is 0 Å². The van der Waals surface area contributed by atoms with E-state index in [4.69, 9.17) is 19.2 Å². The van der Waals surface area contributed by atoms with Crippen LogP contribution in [0.5, 0.6) is 5.88 Å². The zero-order valence-electron chi connectivity index (χ0n) is 32.3. The van der Waals surface area contributed by atoms with Gasteiger partial charge in [-0.1, -0.05) is 60.5 Å². The van der Waals surface area contributed by atoms with Gasteiger partial charge in [0, 0.05) is 23.1 Å². The number of aryl methyl sites for hydroxylation is 1. The van der Waals surface area contributed by atoms with Crippen LogP contribution in [0, 0.1) is 12.8 Å². The SMILES string of the molecule is Cc1cc(C(=O)N[C@H]2CCCCCC=C[C@@H]3C[C@@]3(C(=O)NS(=O)(=O)C3CC3)NC(=O)[C@@H]3C[C@@H](Oc4nc5ccccc5nc4-c4cc5ccccc5s4)CN3C2=O)no1. The molecular weight excluding hydrogens is 795 g/mol. The molecule has 5 heterocycles. The predicted molar refractivity (Wildman–Crippen MR) is 219 cm³/mol. The number of ether oxygens (including phenoxy) is 1. The lowest BCUT2D eigenvalue weighted by molar-refractivity contribution is -0.141. The standard InChI is InChI=1S/C42H43N7O8S2/c1-24-19-32(47-57-24)37(50)44-31-15-6-4-2-3-5-12-26-22-42(26,41(53)48-59(54,55)28-17-18-28)46-38(51)33-21-27(23-49(33)40(31)52)56-39-36(43-29-13-8-9-14-30(29)45-39)35-20-25-11-7-10-16-34(25)58-35/h5,7-14,16,19-20,26-28,31,33H,2-4,6,15,17-18,21-23H2,1H3,(H,44,50)(H,46,51)(H,48,53)/t26-,27-,31+,33+,42-/m1/s1. The van der Waals surface area contributed by atoms with Gasteiger partial charge in [0.05, 0.1) is 27.7 Å². The molecule has 2 aliphatic carbocycles. The summed E-state index contributed by atoms with van der Waals surface area (Å²) in [7, 11) is -3.92. The van der Waals surface area contributed by atoms with Crippen molar-refractivity contribution in [1.82, 2.24) is 35.4 Å². The molecule has 0 spiro atoms. The van der Waals surface area contributed by atoms with E-state index in [1.165, 1.54) is 11.0 Å². The molecule has 2 aliphatic heterocycles. The first kappa shape index (κ1) is 38.8. The van der Waals surface area contributed by atoms with Gasteiger partial charge in [0.2, 0.25) is 27.7 Å². The van der Waals surface area contributed by atoms with Crippen LogP contribution in [-0.2, 0) is 24.4 Å². The Morgan fingerprint density at radius 2 is 1.78 bits per heavy atom. The molecule has 4 amide bonds. The maximum absolute atomic E-state index is 14.8. The van der Waals surface area contributed by atoms with E-state index in [0.29, 0.717) is 54.6 Å². The second-order valence-corrected chi connectivity index (χ2v) is 18.9. The van der Waals surface area contributed by atoms with Crippen LogP contribution >= 0.6 is 11.3 Å². The third kappa shape index (κ3) is 7.92. The first-order valence-electron chi connectivity index (χ1n) is 20.0. The predicted octanol–water partition coefficient (Wildman–Crippen LogP) is 4.96. The van der Waals surface area contributed by atoms with E-state index in [1.807, 2.05) is 66.7 Å². The molecule has 0 bridgehead atoms. The number of carbonyl (C=O) groups is 4. The topological polar surface area (TPSA) is 203 Å². The van der Waals surface area contributed by atoms with Crippen LogP contribution in [0.4, 0.5) is 0 Å². The Kier molecular flexibility index (Phi) is 10.2. The summed E-state index contributed by atoms with van der Waals surface area (Å²) in [5, 5.41) is 9.97. The summed E-state index contributed by atoms with van der Waals surface area (Å²) < 4.78 is 41.0. The highest BCUT2D eigenvalue weighted by Crippen LogP contribution is 2.46. The molecule has 5 atom stereocenters. The number of nitrogens with zero attached hydrogens (tertiary/aromatic N) is 4. The Labute approximate surface area is 344 Å².